The summed E-state index contributed by atoms with van der Waals surface area (Å²) < 4.78 is 10.2. The predicted molar refractivity (Wildman–Crippen MR) is 171 cm³/mol. The average Bonchev–Trinajstić information content (AvgIpc) is 3.02. The third-order valence-corrected chi connectivity index (χ3v) is 7.26. The fourth-order valence-electron chi connectivity index (χ4n) is 4.58. The fourth-order valence-corrected chi connectivity index (χ4v) is 4.58. The zero-order valence-corrected chi connectivity index (χ0v) is 26.5. The lowest BCUT2D eigenvalue weighted by Crippen LogP contribution is -2.26. The highest BCUT2D eigenvalue weighted by molar-refractivity contribution is 5.87. The first kappa shape index (κ1) is 35.2. The molecule has 0 heterocycles. The zero-order chi connectivity index (χ0) is 33.8. The standard InChI is InChI=1S/2C17H19NO5/c1-12-4-5-16-11-14(6-7-15(16)10-12)13(2)17(19)22-8-3-9-23-18(20)21;1-4-16(23-18(20)21)22-17(19)12(3)13-7-8-14-9-11(2)5-6-15(14)10-13/h4-7,10-11,13H,3,8-9H2,1-2H3;5-10,12,16H,4H2,1-3H3/t13-;12-,16?/m00/s1. The highest BCUT2D eigenvalue weighted by atomic mass is 17.0. The van der Waals surface area contributed by atoms with Crippen LogP contribution in [0, 0.1) is 34.1 Å². The van der Waals surface area contributed by atoms with Gasteiger partial charge in [0.2, 0.25) is 6.29 Å². The minimum Gasteiger partial charge on any atom is -0.465 e. The van der Waals surface area contributed by atoms with Gasteiger partial charge < -0.3 is 14.3 Å². The van der Waals surface area contributed by atoms with Gasteiger partial charge in [0.25, 0.3) is 10.2 Å². The molecule has 0 spiro atoms. The molecule has 0 aliphatic carbocycles. The Labute approximate surface area is 266 Å². The summed E-state index contributed by atoms with van der Waals surface area (Å²) in [6, 6.07) is 23.9. The van der Waals surface area contributed by atoms with Crippen molar-refractivity contribution in [3.05, 3.63) is 115 Å². The minimum absolute atomic E-state index is 0.0794. The first-order valence-electron chi connectivity index (χ1n) is 14.8. The van der Waals surface area contributed by atoms with Crippen molar-refractivity contribution in [1.82, 2.24) is 0 Å². The molecule has 0 bridgehead atoms. The summed E-state index contributed by atoms with van der Waals surface area (Å²) in [5.74, 6) is -1.83. The summed E-state index contributed by atoms with van der Waals surface area (Å²) in [5, 5.41) is 22.9. The molecule has 0 saturated carbocycles. The third kappa shape index (κ3) is 10.4. The van der Waals surface area contributed by atoms with Crippen molar-refractivity contribution >= 4 is 33.5 Å². The maximum atomic E-state index is 12.2. The van der Waals surface area contributed by atoms with Crippen LogP contribution in [0.2, 0.25) is 0 Å². The second-order valence-electron chi connectivity index (χ2n) is 10.8. The molecule has 12 heteroatoms. The second kappa shape index (κ2) is 16.7. The molecule has 0 aliphatic rings. The van der Waals surface area contributed by atoms with Gasteiger partial charge >= 0.3 is 11.9 Å². The molecule has 4 aromatic carbocycles. The molecule has 4 aromatic rings. The molecule has 1 unspecified atom stereocenters. The summed E-state index contributed by atoms with van der Waals surface area (Å²) in [7, 11) is 0. The van der Waals surface area contributed by atoms with Gasteiger partial charge in [-0.3, -0.25) is 14.4 Å². The molecule has 0 amide bonds. The normalized spacial score (nSPS) is 12.6. The Morgan fingerprint density at radius 1 is 0.696 bits per heavy atom. The molecule has 0 fully saturated rings. The fraction of sp³-hybridized carbons (Fsp3) is 0.353. The number of aryl methyl sites for hydroxylation is 2. The molecule has 244 valence electrons. The number of nitrogens with zero attached hydrogens (tertiary/aromatic N) is 2. The van der Waals surface area contributed by atoms with E-state index in [9.17, 15) is 29.8 Å². The maximum Gasteiger partial charge on any atom is 0.315 e. The van der Waals surface area contributed by atoms with E-state index in [2.05, 4.69) is 21.8 Å². The van der Waals surface area contributed by atoms with E-state index in [1.807, 2.05) is 74.5 Å². The van der Waals surface area contributed by atoms with E-state index in [0.717, 1.165) is 32.7 Å². The smallest absolute Gasteiger partial charge is 0.315 e. The lowest BCUT2D eigenvalue weighted by Gasteiger charge is -2.17. The molecule has 46 heavy (non-hydrogen) atoms. The number of carbonyl (C=O) groups is 2. The number of hydrogen-bond donors (Lipinski definition) is 0. The van der Waals surface area contributed by atoms with Crippen LogP contribution < -0.4 is 0 Å². The quantitative estimate of drug-likeness (QED) is 0.0487. The van der Waals surface area contributed by atoms with Gasteiger partial charge in [-0.2, -0.15) is 0 Å². The first-order valence-corrected chi connectivity index (χ1v) is 14.8. The van der Waals surface area contributed by atoms with E-state index in [-0.39, 0.29) is 32.0 Å². The monoisotopic (exact) mass is 634 g/mol. The van der Waals surface area contributed by atoms with Crippen LogP contribution in [0.25, 0.3) is 21.5 Å². The van der Waals surface area contributed by atoms with Crippen LogP contribution in [0.3, 0.4) is 0 Å². The van der Waals surface area contributed by atoms with Gasteiger partial charge in [-0.1, -0.05) is 90.8 Å². The van der Waals surface area contributed by atoms with Crippen molar-refractivity contribution in [1.29, 1.82) is 0 Å². The number of rotatable bonds is 13. The Balaban J connectivity index is 0.000000250. The molecule has 3 atom stereocenters. The van der Waals surface area contributed by atoms with Gasteiger partial charge in [0, 0.05) is 12.8 Å². The van der Waals surface area contributed by atoms with Crippen molar-refractivity contribution in [3.8, 4) is 0 Å². The Bertz CT molecular complexity index is 1690. The second-order valence-corrected chi connectivity index (χ2v) is 10.8. The average molecular weight is 635 g/mol. The van der Waals surface area contributed by atoms with Crippen LogP contribution in [-0.4, -0.2) is 41.6 Å². The number of esters is 2. The summed E-state index contributed by atoms with van der Waals surface area (Å²) in [5.41, 5.74) is 4.03. The molecule has 4 rings (SSSR count). The number of benzene rings is 4. The summed E-state index contributed by atoms with van der Waals surface area (Å²) in [4.78, 5) is 53.0. The SMILES string of the molecule is CCC(OC(=O)[C@@H](C)c1ccc2cc(C)ccc2c1)O[N+](=O)[O-].Cc1ccc2cc([C@H](C)C(=O)OCCCO[N+](=O)[O-])ccc2c1. The molecule has 12 nitrogen and oxygen atoms in total. The van der Waals surface area contributed by atoms with E-state index in [4.69, 9.17) is 9.47 Å². The number of ether oxygens (including phenoxy) is 2. The van der Waals surface area contributed by atoms with Crippen LogP contribution in [0.1, 0.15) is 67.7 Å². The van der Waals surface area contributed by atoms with E-state index >= 15 is 0 Å². The predicted octanol–water partition coefficient (Wildman–Crippen LogP) is 7.13. The highest BCUT2D eigenvalue weighted by Crippen LogP contribution is 2.25. The molecule has 0 aromatic heterocycles. The number of fused-ring (bicyclic) bond motifs is 2. The summed E-state index contributed by atoms with van der Waals surface area (Å²) in [6.07, 6.45) is -0.685. The van der Waals surface area contributed by atoms with Crippen molar-refractivity contribution < 1.29 is 38.9 Å². The van der Waals surface area contributed by atoms with Crippen molar-refractivity contribution in [2.75, 3.05) is 13.2 Å². The number of hydrogen-bond acceptors (Lipinski definition) is 10. The first-order chi connectivity index (χ1) is 21.9. The number of carbonyl (C=O) groups excluding carboxylic acids is 2. The Morgan fingerprint density at radius 3 is 1.65 bits per heavy atom. The Morgan fingerprint density at radius 2 is 1.17 bits per heavy atom. The third-order valence-electron chi connectivity index (χ3n) is 7.26. The van der Waals surface area contributed by atoms with E-state index in [1.54, 1.807) is 20.8 Å². The van der Waals surface area contributed by atoms with Gasteiger partial charge in [0.1, 0.15) is 0 Å². The molecule has 0 N–H and O–H groups in total. The van der Waals surface area contributed by atoms with Crippen LogP contribution in [0.15, 0.2) is 72.8 Å². The molecular weight excluding hydrogens is 596 g/mol. The Kier molecular flexibility index (Phi) is 12.8. The van der Waals surface area contributed by atoms with Crippen molar-refractivity contribution in [3.63, 3.8) is 0 Å². The van der Waals surface area contributed by atoms with Gasteiger partial charge in [0.05, 0.1) is 25.0 Å². The summed E-state index contributed by atoms with van der Waals surface area (Å²) in [6.45, 7) is 9.21. The lowest BCUT2D eigenvalue weighted by molar-refractivity contribution is -0.779. The van der Waals surface area contributed by atoms with E-state index in [0.29, 0.717) is 0 Å². The summed E-state index contributed by atoms with van der Waals surface area (Å²) >= 11 is 0. The van der Waals surface area contributed by atoms with Crippen LogP contribution >= 0.6 is 0 Å². The van der Waals surface area contributed by atoms with Crippen molar-refractivity contribution in [2.24, 2.45) is 0 Å². The van der Waals surface area contributed by atoms with Gasteiger partial charge in [-0.05, 0) is 60.4 Å². The molecule has 0 radical (unpaired) electrons. The van der Waals surface area contributed by atoms with E-state index in [1.165, 1.54) is 11.1 Å². The van der Waals surface area contributed by atoms with Crippen LogP contribution in [-0.2, 0) is 28.7 Å². The van der Waals surface area contributed by atoms with Gasteiger partial charge in [0.15, 0.2) is 0 Å². The van der Waals surface area contributed by atoms with Crippen LogP contribution in [0.4, 0.5) is 0 Å². The lowest BCUT2D eigenvalue weighted by atomic mass is 9.97. The molecular formula is C34H38N2O10. The van der Waals surface area contributed by atoms with Gasteiger partial charge in [-0.15, -0.1) is 20.2 Å². The maximum absolute atomic E-state index is 12.2. The highest BCUT2D eigenvalue weighted by Gasteiger charge is 2.23. The molecule has 0 aliphatic heterocycles. The largest absolute Gasteiger partial charge is 0.465 e. The minimum atomic E-state index is -1.18. The van der Waals surface area contributed by atoms with E-state index < -0.39 is 34.3 Å². The Hall–Kier alpha value is -5.26. The molecule has 0 saturated heterocycles. The van der Waals surface area contributed by atoms with Crippen molar-refractivity contribution in [2.45, 2.75) is 65.6 Å². The topological polar surface area (TPSA) is 157 Å². The van der Waals surface area contributed by atoms with Crippen LogP contribution in [0.5, 0.6) is 0 Å². The van der Waals surface area contributed by atoms with Gasteiger partial charge in [-0.25, -0.2) is 0 Å². The zero-order valence-electron chi connectivity index (χ0n) is 26.5.